The molecule has 13 heteroatoms. The van der Waals surface area contributed by atoms with Crippen molar-refractivity contribution in [1.82, 2.24) is 10.2 Å². The van der Waals surface area contributed by atoms with Crippen LogP contribution in [0.4, 0.5) is 29.3 Å². The Morgan fingerprint density at radius 1 is 1.09 bits per heavy atom. The highest BCUT2D eigenvalue weighted by atomic mass is 19.4. The Bertz CT molecular complexity index is 882. The predicted molar refractivity (Wildman–Crippen MR) is 115 cm³/mol. The van der Waals surface area contributed by atoms with Crippen molar-refractivity contribution >= 4 is 29.3 Å². The van der Waals surface area contributed by atoms with Gasteiger partial charge in [-0.25, -0.2) is 9.59 Å². The van der Waals surface area contributed by atoms with Gasteiger partial charge in [-0.05, 0) is 30.7 Å². The van der Waals surface area contributed by atoms with Crippen LogP contribution in [-0.2, 0) is 14.3 Å². The van der Waals surface area contributed by atoms with Gasteiger partial charge in [0.05, 0.1) is 18.8 Å². The summed E-state index contributed by atoms with van der Waals surface area (Å²) in [6.07, 6.45) is -4.49. The van der Waals surface area contributed by atoms with Crippen LogP contribution in [0.2, 0.25) is 0 Å². The molecule has 0 aromatic heterocycles. The highest BCUT2D eigenvalue weighted by Crippen LogP contribution is 2.28. The minimum atomic E-state index is -5.08. The normalized spacial score (nSPS) is 22.7. The molecule has 3 aliphatic heterocycles. The van der Waals surface area contributed by atoms with Gasteiger partial charge in [0.25, 0.3) is 0 Å². The topological polar surface area (TPSA) is 123 Å². The fourth-order valence-electron chi connectivity index (χ4n) is 4.09. The van der Waals surface area contributed by atoms with Crippen LogP contribution < -0.4 is 15.1 Å². The van der Waals surface area contributed by atoms with Crippen molar-refractivity contribution in [3.05, 3.63) is 24.3 Å². The molecule has 0 bridgehead atoms. The van der Waals surface area contributed by atoms with E-state index in [0.29, 0.717) is 19.6 Å². The number of nitrogens with zero attached hydrogens (tertiary/aromatic N) is 3. The summed E-state index contributed by atoms with van der Waals surface area (Å²) >= 11 is 0. The lowest BCUT2D eigenvalue weighted by Gasteiger charge is -2.34. The van der Waals surface area contributed by atoms with Crippen molar-refractivity contribution in [2.24, 2.45) is 0 Å². The number of nitrogens with one attached hydrogen (secondary N) is 1. The van der Waals surface area contributed by atoms with Crippen molar-refractivity contribution in [2.45, 2.75) is 31.2 Å². The van der Waals surface area contributed by atoms with Crippen molar-refractivity contribution < 1.29 is 42.5 Å². The van der Waals surface area contributed by atoms with E-state index in [0.717, 1.165) is 44.1 Å². The zero-order valence-corrected chi connectivity index (χ0v) is 18.3. The van der Waals surface area contributed by atoms with E-state index in [-0.39, 0.29) is 24.6 Å². The van der Waals surface area contributed by atoms with E-state index in [4.69, 9.17) is 19.7 Å². The number of rotatable bonds is 5. The Kier molecular flexibility index (Phi) is 8.20. The monoisotopic (exact) mass is 488 g/mol. The second-order valence-electron chi connectivity index (χ2n) is 8.14. The summed E-state index contributed by atoms with van der Waals surface area (Å²) in [5.74, 6) is -3.55. The number of alkyl halides is 3. The lowest BCUT2D eigenvalue weighted by atomic mass is 10.1. The largest absolute Gasteiger partial charge is 0.490 e. The molecule has 0 saturated carbocycles. The summed E-state index contributed by atoms with van der Waals surface area (Å²) in [4.78, 5) is 38.3. The highest BCUT2D eigenvalue weighted by molar-refractivity contribution is 5.95. The van der Waals surface area contributed by atoms with Crippen LogP contribution in [0, 0.1) is 0 Å². The summed E-state index contributed by atoms with van der Waals surface area (Å²) in [6.45, 7) is 5.27. The molecule has 2 atom stereocenters. The van der Waals surface area contributed by atoms with E-state index < -0.39 is 18.1 Å². The average molecular weight is 488 g/mol. The molecule has 1 aromatic rings. The lowest BCUT2D eigenvalue weighted by Crippen LogP contribution is -2.49. The molecule has 0 spiro atoms. The van der Waals surface area contributed by atoms with Crippen LogP contribution in [-0.4, -0.2) is 97.3 Å². The minimum absolute atomic E-state index is 0.0573. The van der Waals surface area contributed by atoms with Crippen LogP contribution in [0.25, 0.3) is 0 Å². The number of hydrogen-bond acceptors (Lipinski definition) is 6. The molecule has 0 unspecified atom stereocenters. The Labute approximate surface area is 193 Å². The number of halogens is 3. The van der Waals surface area contributed by atoms with Crippen LogP contribution in [0.3, 0.4) is 0 Å². The van der Waals surface area contributed by atoms with Crippen LogP contribution in [0.5, 0.6) is 0 Å². The Morgan fingerprint density at radius 2 is 1.74 bits per heavy atom. The van der Waals surface area contributed by atoms with Gasteiger partial charge in [0.2, 0.25) is 0 Å². The van der Waals surface area contributed by atoms with E-state index in [9.17, 15) is 22.8 Å². The molecule has 34 heavy (non-hydrogen) atoms. The van der Waals surface area contributed by atoms with E-state index in [1.165, 1.54) is 0 Å². The number of carbonyl (C=O) groups excluding carboxylic acids is 1. The molecule has 2 amide bonds. The first-order valence-corrected chi connectivity index (χ1v) is 10.8. The van der Waals surface area contributed by atoms with Gasteiger partial charge in [0, 0.05) is 57.1 Å². The van der Waals surface area contributed by atoms with E-state index in [2.05, 4.69) is 10.2 Å². The van der Waals surface area contributed by atoms with Crippen molar-refractivity contribution in [3.8, 4) is 0 Å². The molecule has 4 rings (SSSR count). The quantitative estimate of drug-likeness (QED) is 0.572. The second-order valence-corrected chi connectivity index (χ2v) is 8.14. The molecule has 0 radical (unpaired) electrons. The maximum absolute atomic E-state index is 12.6. The molecule has 188 valence electrons. The van der Waals surface area contributed by atoms with Crippen LogP contribution >= 0.6 is 0 Å². The summed E-state index contributed by atoms with van der Waals surface area (Å²) in [6, 6.07) is 8.42. The molecule has 0 aliphatic carbocycles. The fraction of sp³-hybridized carbons (Fsp3) is 0.571. The van der Waals surface area contributed by atoms with Gasteiger partial charge < -0.3 is 30.1 Å². The molecule has 3 N–H and O–H groups in total. The van der Waals surface area contributed by atoms with Crippen molar-refractivity contribution in [1.29, 1.82) is 0 Å². The summed E-state index contributed by atoms with van der Waals surface area (Å²) in [5, 5.41) is 19.3. The van der Waals surface area contributed by atoms with E-state index >= 15 is 0 Å². The molecule has 3 saturated heterocycles. The van der Waals surface area contributed by atoms with Crippen molar-refractivity contribution in [3.63, 3.8) is 0 Å². The number of benzene rings is 1. The summed E-state index contributed by atoms with van der Waals surface area (Å²) < 4.78 is 37.4. The maximum atomic E-state index is 12.6. The van der Waals surface area contributed by atoms with Gasteiger partial charge in [-0.3, -0.25) is 9.69 Å². The van der Waals surface area contributed by atoms with E-state index in [1.807, 2.05) is 34.1 Å². The second kappa shape index (κ2) is 10.9. The molecule has 3 aliphatic rings. The Balaban J connectivity index is 0.000000406. The molecule has 10 nitrogen and oxygen atoms in total. The number of morpholine rings is 1. The number of carbonyl (C=O) groups is 3. The average Bonchev–Trinajstić information content (AvgIpc) is 3.14. The van der Waals surface area contributed by atoms with Gasteiger partial charge in [0.1, 0.15) is 0 Å². The van der Waals surface area contributed by atoms with Gasteiger partial charge in [-0.15, -0.1) is 0 Å². The highest BCUT2D eigenvalue weighted by Gasteiger charge is 2.39. The third kappa shape index (κ3) is 6.50. The number of urea groups is 1. The number of amides is 2. The van der Waals surface area contributed by atoms with Crippen LogP contribution in [0.15, 0.2) is 24.3 Å². The minimum Gasteiger partial charge on any atom is -0.481 e. The van der Waals surface area contributed by atoms with Crippen LogP contribution in [0.1, 0.15) is 12.8 Å². The Morgan fingerprint density at radius 3 is 2.32 bits per heavy atom. The smallest absolute Gasteiger partial charge is 0.481 e. The molecular weight excluding hydrogens is 461 g/mol. The number of ether oxygens (including phenoxy) is 1. The molecular formula is C21H27F3N4O6. The SMILES string of the molecule is O=C(O)C(F)(F)F.O=C(O)CC[C@@H]1CN(c2ccc(N3C[C@@H]4CNCCN4C3=O)cc2)CCO1. The summed E-state index contributed by atoms with van der Waals surface area (Å²) in [7, 11) is 0. The number of fused-ring (bicyclic) bond motifs is 1. The molecule has 1 aromatic carbocycles. The first-order valence-electron chi connectivity index (χ1n) is 10.8. The molecule has 3 fully saturated rings. The fourth-order valence-corrected chi connectivity index (χ4v) is 4.09. The number of carboxylic acid groups (broad SMARTS) is 2. The van der Waals surface area contributed by atoms with Gasteiger partial charge >= 0.3 is 24.1 Å². The zero-order valence-electron chi connectivity index (χ0n) is 18.3. The standard InChI is InChI=1S/C19H26N4O4.C2HF3O2/c24-18(25)6-5-17-13-21(9-10-27-17)14-1-3-15(4-2-14)23-12-16-11-20-7-8-22(16)19(23)26;3-2(4,5)1(6)7/h1-4,16-17,20H,5-13H2,(H,24,25);(H,6,7)/t16-,17+;/m0./s1. The first-order chi connectivity index (χ1) is 16.1. The number of piperazine rings is 1. The predicted octanol–water partition coefficient (Wildman–Crippen LogP) is 1.60. The van der Waals surface area contributed by atoms with Gasteiger partial charge in [-0.1, -0.05) is 0 Å². The maximum Gasteiger partial charge on any atom is 0.490 e. The number of hydrogen-bond donors (Lipinski definition) is 3. The van der Waals surface area contributed by atoms with Crippen molar-refractivity contribution in [2.75, 3.05) is 55.7 Å². The van der Waals surface area contributed by atoms with Gasteiger partial charge in [0.15, 0.2) is 0 Å². The lowest BCUT2D eigenvalue weighted by molar-refractivity contribution is -0.192. The number of anilines is 2. The summed E-state index contributed by atoms with van der Waals surface area (Å²) in [5.41, 5.74) is 2.00. The first kappa shape index (κ1) is 25.6. The van der Waals surface area contributed by atoms with E-state index in [1.54, 1.807) is 0 Å². The molecule has 3 heterocycles. The zero-order chi connectivity index (χ0) is 24.9. The van der Waals surface area contributed by atoms with Gasteiger partial charge in [-0.2, -0.15) is 13.2 Å². The third-order valence-electron chi connectivity index (χ3n) is 5.81. The number of carboxylic acids is 2. The number of aliphatic carboxylic acids is 2. The Hall–Kier alpha value is -3.06. The third-order valence-corrected chi connectivity index (χ3v) is 5.81.